The number of para-hydroxylation sites is 4. The molecule has 26 heavy (non-hydrogen) atoms. The van der Waals surface area contributed by atoms with Crippen LogP contribution in [0.2, 0.25) is 0 Å². The average Bonchev–Trinajstić information content (AvgIpc) is 3.07. The highest BCUT2D eigenvalue weighted by atomic mass is 15.1. The molecule has 0 unspecified atom stereocenters. The molecule has 4 nitrogen and oxygen atoms in total. The smallest absolute Gasteiger partial charge is 0.181 e. The third kappa shape index (κ3) is 3.24. The van der Waals surface area contributed by atoms with Crippen LogP contribution in [0.15, 0.2) is 48.5 Å². The molecule has 0 fully saturated rings. The van der Waals surface area contributed by atoms with Gasteiger partial charge in [-0.05, 0) is 30.7 Å². The number of hydrogen-bond acceptors (Lipinski definition) is 3. The predicted octanol–water partition coefficient (Wildman–Crippen LogP) is 5.81. The van der Waals surface area contributed by atoms with Gasteiger partial charge in [0.1, 0.15) is 0 Å². The van der Waals surface area contributed by atoms with E-state index in [1.165, 1.54) is 38.5 Å². The molecule has 2 heterocycles. The van der Waals surface area contributed by atoms with Crippen molar-refractivity contribution in [3.05, 3.63) is 48.5 Å². The van der Waals surface area contributed by atoms with Gasteiger partial charge in [0.05, 0.1) is 22.1 Å². The van der Waals surface area contributed by atoms with Crippen molar-refractivity contribution in [2.24, 2.45) is 0 Å². The van der Waals surface area contributed by atoms with Gasteiger partial charge in [0.25, 0.3) is 0 Å². The Bertz CT molecular complexity index is 1020. The summed E-state index contributed by atoms with van der Waals surface area (Å²) in [5, 5.41) is 3.54. The lowest BCUT2D eigenvalue weighted by Crippen LogP contribution is -2.06. The largest absolute Gasteiger partial charge is 0.367 e. The number of imidazole rings is 1. The fourth-order valence-corrected chi connectivity index (χ4v) is 3.58. The topological polar surface area (TPSA) is 42.2 Å². The van der Waals surface area contributed by atoms with E-state index >= 15 is 0 Å². The molecule has 0 atom stereocenters. The summed E-state index contributed by atoms with van der Waals surface area (Å²) in [6.07, 6.45) is 7.76. The van der Waals surface area contributed by atoms with Crippen molar-refractivity contribution < 1.29 is 0 Å². The Morgan fingerprint density at radius 2 is 1.38 bits per heavy atom. The zero-order chi connectivity index (χ0) is 17.8. The number of fused-ring (bicyclic) bond motifs is 5. The van der Waals surface area contributed by atoms with Crippen LogP contribution in [-0.2, 0) is 0 Å². The van der Waals surface area contributed by atoms with E-state index in [-0.39, 0.29) is 0 Å². The van der Waals surface area contributed by atoms with Crippen molar-refractivity contribution in [3.8, 4) is 0 Å². The first-order valence-electron chi connectivity index (χ1n) is 9.78. The van der Waals surface area contributed by atoms with Gasteiger partial charge < -0.3 is 5.32 Å². The van der Waals surface area contributed by atoms with E-state index in [0.29, 0.717) is 0 Å². The molecule has 0 bridgehead atoms. The van der Waals surface area contributed by atoms with Crippen LogP contribution in [-0.4, -0.2) is 20.9 Å². The van der Waals surface area contributed by atoms with Crippen LogP contribution in [0.3, 0.4) is 0 Å². The van der Waals surface area contributed by atoms with Gasteiger partial charge in [-0.2, -0.15) is 0 Å². The molecule has 0 saturated heterocycles. The summed E-state index contributed by atoms with van der Waals surface area (Å²) in [5.74, 6) is 0.883. The minimum Gasteiger partial charge on any atom is -0.367 e. The van der Waals surface area contributed by atoms with Crippen LogP contribution >= 0.6 is 0 Å². The first-order chi connectivity index (χ1) is 12.9. The van der Waals surface area contributed by atoms with Gasteiger partial charge in [0.15, 0.2) is 11.5 Å². The van der Waals surface area contributed by atoms with Crippen molar-refractivity contribution in [2.75, 3.05) is 11.9 Å². The minimum atomic E-state index is 0.883. The molecule has 4 rings (SSSR count). The molecule has 0 aliphatic carbocycles. The number of benzene rings is 2. The summed E-state index contributed by atoms with van der Waals surface area (Å²) < 4.78 is 2.22. The molecule has 0 amide bonds. The van der Waals surface area contributed by atoms with E-state index in [9.17, 15) is 0 Å². The van der Waals surface area contributed by atoms with Gasteiger partial charge in [0, 0.05) is 6.54 Å². The van der Waals surface area contributed by atoms with E-state index in [2.05, 4.69) is 53.0 Å². The Balaban J connectivity index is 1.63. The Morgan fingerprint density at radius 1 is 0.769 bits per heavy atom. The summed E-state index contributed by atoms with van der Waals surface area (Å²) in [4.78, 5) is 9.69. The van der Waals surface area contributed by atoms with Gasteiger partial charge in [-0.25, -0.2) is 9.97 Å². The summed E-state index contributed by atoms with van der Waals surface area (Å²) in [6, 6.07) is 16.6. The summed E-state index contributed by atoms with van der Waals surface area (Å²) in [6.45, 7) is 3.20. The number of hydrogen-bond donors (Lipinski definition) is 1. The standard InChI is InChI=1S/C22H26N4/c1-2-3-4-5-6-11-16-23-21-22-25-18-13-8-10-15-20(18)26(22)19-14-9-7-12-17(19)24-21/h7-10,12-15H,2-6,11,16H2,1H3,(H,23,24). The fraction of sp³-hybridized carbons (Fsp3) is 0.364. The van der Waals surface area contributed by atoms with E-state index in [1.807, 2.05) is 12.1 Å². The van der Waals surface area contributed by atoms with Crippen molar-refractivity contribution >= 4 is 33.5 Å². The highest BCUT2D eigenvalue weighted by molar-refractivity contribution is 5.92. The maximum Gasteiger partial charge on any atom is 0.181 e. The third-order valence-corrected chi connectivity index (χ3v) is 4.95. The van der Waals surface area contributed by atoms with Gasteiger partial charge in [0.2, 0.25) is 0 Å². The number of anilines is 1. The monoisotopic (exact) mass is 346 g/mol. The quantitative estimate of drug-likeness (QED) is 0.409. The first-order valence-corrected chi connectivity index (χ1v) is 9.78. The molecule has 4 aromatic rings. The molecule has 0 spiro atoms. The Morgan fingerprint density at radius 3 is 2.12 bits per heavy atom. The Labute approximate surface area is 154 Å². The third-order valence-electron chi connectivity index (χ3n) is 4.95. The second-order valence-electron chi connectivity index (χ2n) is 6.90. The highest BCUT2D eigenvalue weighted by Crippen LogP contribution is 2.26. The van der Waals surface area contributed by atoms with Crippen molar-refractivity contribution in [3.63, 3.8) is 0 Å². The lowest BCUT2D eigenvalue weighted by atomic mass is 10.1. The number of rotatable bonds is 8. The zero-order valence-corrected chi connectivity index (χ0v) is 15.4. The van der Waals surface area contributed by atoms with Crippen LogP contribution in [0.25, 0.3) is 27.7 Å². The summed E-state index contributed by atoms with van der Waals surface area (Å²) in [5.41, 5.74) is 5.14. The second-order valence-corrected chi connectivity index (χ2v) is 6.90. The molecular weight excluding hydrogens is 320 g/mol. The number of nitrogens with one attached hydrogen (secondary N) is 1. The Hall–Kier alpha value is -2.62. The van der Waals surface area contributed by atoms with Crippen LogP contribution in [0, 0.1) is 0 Å². The lowest BCUT2D eigenvalue weighted by molar-refractivity contribution is 0.617. The SMILES string of the molecule is CCCCCCCCNc1nc2ccccc2n2c1nc1ccccc12. The van der Waals surface area contributed by atoms with Crippen LogP contribution in [0.1, 0.15) is 45.4 Å². The first kappa shape index (κ1) is 16.8. The fourth-order valence-electron chi connectivity index (χ4n) is 3.58. The van der Waals surface area contributed by atoms with Gasteiger partial charge >= 0.3 is 0 Å². The molecule has 4 heteroatoms. The minimum absolute atomic E-state index is 0.883. The molecule has 0 aliphatic rings. The molecular formula is C22H26N4. The van der Waals surface area contributed by atoms with Crippen molar-refractivity contribution in [1.29, 1.82) is 0 Å². The van der Waals surface area contributed by atoms with Gasteiger partial charge in [-0.1, -0.05) is 63.3 Å². The summed E-state index contributed by atoms with van der Waals surface area (Å²) in [7, 11) is 0. The van der Waals surface area contributed by atoms with Crippen molar-refractivity contribution in [2.45, 2.75) is 45.4 Å². The second kappa shape index (κ2) is 7.73. The summed E-state index contributed by atoms with van der Waals surface area (Å²) >= 11 is 0. The molecule has 2 aromatic carbocycles. The normalized spacial score (nSPS) is 11.6. The highest BCUT2D eigenvalue weighted by Gasteiger charge is 2.13. The van der Waals surface area contributed by atoms with Crippen molar-refractivity contribution in [1.82, 2.24) is 14.4 Å². The molecule has 0 radical (unpaired) electrons. The zero-order valence-electron chi connectivity index (χ0n) is 15.4. The lowest BCUT2D eigenvalue weighted by Gasteiger charge is -2.10. The maximum absolute atomic E-state index is 4.85. The molecule has 0 aliphatic heterocycles. The number of nitrogens with zero attached hydrogens (tertiary/aromatic N) is 3. The average molecular weight is 346 g/mol. The maximum atomic E-state index is 4.85. The van der Waals surface area contributed by atoms with Crippen LogP contribution < -0.4 is 5.32 Å². The molecule has 134 valence electrons. The number of aromatic nitrogens is 3. The number of unbranched alkanes of at least 4 members (excludes halogenated alkanes) is 5. The molecule has 1 N–H and O–H groups in total. The molecule has 0 saturated carbocycles. The van der Waals surface area contributed by atoms with Gasteiger partial charge in [-0.15, -0.1) is 0 Å². The van der Waals surface area contributed by atoms with E-state index in [0.717, 1.165) is 40.1 Å². The van der Waals surface area contributed by atoms with E-state index < -0.39 is 0 Å². The van der Waals surface area contributed by atoms with E-state index in [4.69, 9.17) is 9.97 Å². The van der Waals surface area contributed by atoms with Crippen LogP contribution in [0.4, 0.5) is 5.82 Å². The van der Waals surface area contributed by atoms with Crippen LogP contribution in [0.5, 0.6) is 0 Å². The van der Waals surface area contributed by atoms with Gasteiger partial charge in [-0.3, -0.25) is 4.40 Å². The molecule has 2 aromatic heterocycles. The Kier molecular flexibility index (Phi) is 5.00. The predicted molar refractivity (Wildman–Crippen MR) is 110 cm³/mol. The van der Waals surface area contributed by atoms with E-state index in [1.54, 1.807) is 0 Å².